The van der Waals surface area contributed by atoms with Crippen LogP contribution in [0.3, 0.4) is 0 Å². The second-order valence-electron chi connectivity index (χ2n) is 5.85. The van der Waals surface area contributed by atoms with Crippen molar-refractivity contribution in [3.63, 3.8) is 0 Å². The molecule has 8 nitrogen and oxygen atoms in total. The molecule has 0 fully saturated rings. The summed E-state index contributed by atoms with van der Waals surface area (Å²) in [6.45, 7) is 4.18. The van der Waals surface area contributed by atoms with Crippen LogP contribution in [-0.2, 0) is 9.53 Å². The van der Waals surface area contributed by atoms with Crippen LogP contribution in [0.5, 0.6) is 0 Å². The van der Waals surface area contributed by atoms with Crippen LogP contribution < -0.4 is 0 Å². The van der Waals surface area contributed by atoms with Gasteiger partial charge in [0, 0.05) is 17.1 Å². The zero-order valence-electron chi connectivity index (χ0n) is 13.6. The Kier molecular flexibility index (Phi) is 6.75. The van der Waals surface area contributed by atoms with E-state index < -0.39 is 34.5 Å². The van der Waals surface area contributed by atoms with Gasteiger partial charge >= 0.3 is 5.97 Å². The first-order valence-corrected chi connectivity index (χ1v) is 7.31. The highest BCUT2D eigenvalue weighted by atomic mass is 19.1. The van der Waals surface area contributed by atoms with E-state index in [0.717, 1.165) is 6.07 Å². The minimum atomic E-state index is -2.28. The summed E-state index contributed by atoms with van der Waals surface area (Å²) in [5, 5.41) is 21.7. The van der Waals surface area contributed by atoms with Crippen LogP contribution in [0.1, 0.15) is 30.9 Å². The molecule has 0 heterocycles. The first-order valence-electron chi connectivity index (χ1n) is 7.31. The number of hydrogen-bond acceptors (Lipinski definition) is 6. The number of rotatable bonds is 8. The molecule has 0 aliphatic carbocycles. The Balaban J connectivity index is 3.17. The normalized spacial score (nSPS) is 13.4. The number of carbonyl (C=O) groups is 1. The molecule has 2 atom stereocenters. The van der Waals surface area contributed by atoms with Gasteiger partial charge in [-0.1, -0.05) is 19.9 Å². The molecule has 0 bridgehead atoms. The lowest BCUT2D eigenvalue weighted by Crippen LogP contribution is -2.32. The fraction of sp³-hybridized carbons (Fsp3) is 0.533. The van der Waals surface area contributed by atoms with E-state index in [2.05, 4.69) is 0 Å². The Hall–Kier alpha value is -2.58. The minimum Gasteiger partial charge on any atom is -0.463 e. The van der Waals surface area contributed by atoms with Crippen LogP contribution in [0.4, 0.5) is 10.1 Å². The quantitative estimate of drug-likeness (QED) is 0.408. The highest BCUT2D eigenvalue weighted by Crippen LogP contribution is 2.29. The molecule has 132 valence electrons. The standard InChI is InChI=1S/C15H19FN2O6/c1-9(2)8-24-15(19)14(16)13(7-17(20)21)12-6-11(18(22)23)5-4-10(12)3/h4-6,9,13-14H,7-8H2,1-3H3. The number of non-ortho nitro benzene ring substituents is 1. The molecule has 0 aliphatic heterocycles. The lowest BCUT2D eigenvalue weighted by molar-refractivity contribution is -0.484. The highest BCUT2D eigenvalue weighted by molar-refractivity contribution is 5.76. The number of hydrogen-bond donors (Lipinski definition) is 0. The molecule has 2 unspecified atom stereocenters. The smallest absolute Gasteiger partial charge is 0.341 e. The van der Waals surface area contributed by atoms with Crippen molar-refractivity contribution in [2.75, 3.05) is 13.2 Å². The van der Waals surface area contributed by atoms with Gasteiger partial charge in [0.15, 0.2) is 0 Å². The van der Waals surface area contributed by atoms with E-state index in [0.29, 0.717) is 5.56 Å². The number of nitro benzene ring substituents is 1. The third-order valence-corrected chi connectivity index (χ3v) is 3.36. The summed E-state index contributed by atoms with van der Waals surface area (Å²) in [5.74, 6) is -2.68. The highest BCUT2D eigenvalue weighted by Gasteiger charge is 2.36. The van der Waals surface area contributed by atoms with E-state index in [9.17, 15) is 29.4 Å². The van der Waals surface area contributed by atoms with Crippen molar-refractivity contribution in [1.29, 1.82) is 0 Å². The number of alkyl halides is 1. The van der Waals surface area contributed by atoms with Crippen molar-refractivity contribution in [3.8, 4) is 0 Å². The summed E-state index contributed by atoms with van der Waals surface area (Å²) in [4.78, 5) is 32.1. The topological polar surface area (TPSA) is 113 Å². The van der Waals surface area contributed by atoms with Crippen LogP contribution in [0.15, 0.2) is 18.2 Å². The molecular weight excluding hydrogens is 323 g/mol. The van der Waals surface area contributed by atoms with Crippen LogP contribution in [0, 0.1) is 33.1 Å². The molecule has 0 aromatic heterocycles. The maximum Gasteiger partial charge on any atom is 0.341 e. The van der Waals surface area contributed by atoms with Gasteiger partial charge in [0.2, 0.25) is 12.7 Å². The molecule has 1 aromatic carbocycles. The van der Waals surface area contributed by atoms with Crippen molar-refractivity contribution < 1.29 is 23.8 Å². The second kappa shape index (κ2) is 8.32. The molecule has 0 spiro atoms. The SMILES string of the molecule is Cc1ccc([N+](=O)[O-])cc1C(C[N+](=O)[O-])C(F)C(=O)OCC(C)C. The van der Waals surface area contributed by atoms with Crippen molar-refractivity contribution in [2.24, 2.45) is 5.92 Å². The fourth-order valence-corrected chi connectivity index (χ4v) is 2.14. The number of ether oxygens (including phenoxy) is 1. The predicted molar refractivity (Wildman–Crippen MR) is 83.1 cm³/mol. The Bertz CT molecular complexity index is 634. The summed E-state index contributed by atoms with van der Waals surface area (Å²) in [6, 6.07) is 3.64. The third-order valence-electron chi connectivity index (χ3n) is 3.36. The Morgan fingerprint density at radius 2 is 1.92 bits per heavy atom. The maximum absolute atomic E-state index is 14.5. The van der Waals surface area contributed by atoms with E-state index >= 15 is 0 Å². The van der Waals surface area contributed by atoms with Gasteiger partial charge in [-0.2, -0.15) is 0 Å². The maximum atomic E-state index is 14.5. The first kappa shape index (κ1) is 19.5. The Morgan fingerprint density at radius 1 is 1.29 bits per heavy atom. The molecule has 0 radical (unpaired) electrons. The second-order valence-corrected chi connectivity index (χ2v) is 5.85. The van der Waals surface area contributed by atoms with Crippen molar-refractivity contribution in [3.05, 3.63) is 49.6 Å². The summed E-state index contributed by atoms with van der Waals surface area (Å²) in [5.41, 5.74) is 0.147. The average molecular weight is 342 g/mol. The molecule has 0 amide bonds. The van der Waals surface area contributed by atoms with Crippen LogP contribution >= 0.6 is 0 Å². The van der Waals surface area contributed by atoms with Crippen LogP contribution in [0.2, 0.25) is 0 Å². The third kappa shape index (κ3) is 5.25. The molecule has 0 saturated carbocycles. The average Bonchev–Trinajstić information content (AvgIpc) is 2.49. The Labute approximate surface area is 137 Å². The number of carbonyl (C=O) groups excluding carboxylic acids is 1. The monoisotopic (exact) mass is 342 g/mol. The van der Waals surface area contributed by atoms with E-state index in [4.69, 9.17) is 4.74 Å². The lowest BCUT2D eigenvalue weighted by atomic mass is 9.90. The fourth-order valence-electron chi connectivity index (χ4n) is 2.14. The van der Waals surface area contributed by atoms with E-state index in [1.54, 1.807) is 13.8 Å². The largest absolute Gasteiger partial charge is 0.463 e. The minimum absolute atomic E-state index is 0.0155. The van der Waals surface area contributed by atoms with Gasteiger partial charge in [0.25, 0.3) is 5.69 Å². The van der Waals surface area contributed by atoms with Gasteiger partial charge < -0.3 is 4.74 Å². The summed E-state index contributed by atoms with van der Waals surface area (Å²) < 4.78 is 19.3. The summed E-state index contributed by atoms with van der Waals surface area (Å²) >= 11 is 0. The number of nitro groups is 2. The molecule has 1 rings (SSSR count). The number of esters is 1. The van der Waals surface area contributed by atoms with Crippen molar-refractivity contribution in [2.45, 2.75) is 32.9 Å². The van der Waals surface area contributed by atoms with E-state index in [1.165, 1.54) is 19.1 Å². The zero-order chi connectivity index (χ0) is 18.4. The van der Waals surface area contributed by atoms with Gasteiger partial charge in [0.05, 0.1) is 17.4 Å². The summed E-state index contributed by atoms with van der Waals surface area (Å²) in [7, 11) is 0. The number of nitrogens with zero attached hydrogens (tertiary/aromatic N) is 2. The molecule has 24 heavy (non-hydrogen) atoms. The Morgan fingerprint density at radius 3 is 2.42 bits per heavy atom. The van der Waals surface area contributed by atoms with Crippen molar-refractivity contribution >= 4 is 11.7 Å². The van der Waals surface area contributed by atoms with Gasteiger partial charge in [-0.25, -0.2) is 9.18 Å². The predicted octanol–water partition coefficient (Wildman–Crippen LogP) is 2.80. The lowest BCUT2D eigenvalue weighted by Gasteiger charge is -2.19. The van der Waals surface area contributed by atoms with Crippen molar-refractivity contribution in [1.82, 2.24) is 0 Å². The number of aryl methyl sites for hydroxylation is 1. The molecule has 0 N–H and O–H groups in total. The van der Waals surface area contributed by atoms with Crippen LogP contribution in [0.25, 0.3) is 0 Å². The first-order chi connectivity index (χ1) is 11.1. The zero-order valence-corrected chi connectivity index (χ0v) is 13.6. The molecule has 0 aliphatic rings. The molecule has 9 heteroatoms. The van der Waals surface area contributed by atoms with Gasteiger partial charge in [-0.3, -0.25) is 20.2 Å². The number of benzene rings is 1. The molecule has 0 saturated heterocycles. The van der Waals surface area contributed by atoms with Gasteiger partial charge in [-0.05, 0) is 24.0 Å². The van der Waals surface area contributed by atoms with Crippen LogP contribution in [-0.4, -0.2) is 35.1 Å². The van der Waals surface area contributed by atoms with Gasteiger partial charge in [0.1, 0.15) is 0 Å². The summed E-state index contributed by atoms with van der Waals surface area (Å²) in [6.07, 6.45) is -2.28. The molecule has 1 aromatic rings. The molecular formula is C15H19FN2O6. The van der Waals surface area contributed by atoms with E-state index in [-0.39, 0.29) is 23.8 Å². The van der Waals surface area contributed by atoms with Gasteiger partial charge in [-0.15, -0.1) is 0 Å². The number of halogens is 1. The van der Waals surface area contributed by atoms with E-state index in [1.807, 2.05) is 0 Å².